The maximum Gasteiger partial charge on any atom is 0.256 e. The summed E-state index contributed by atoms with van der Waals surface area (Å²) in [5.74, 6) is 0.995. The lowest BCUT2D eigenvalue weighted by atomic mass is 10.1. The largest absolute Gasteiger partial charge is 0.339 e. The number of aryl methyl sites for hydroxylation is 1. The second kappa shape index (κ2) is 6.43. The zero-order valence-corrected chi connectivity index (χ0v) is 14.1. The van der Waals surface area contributed by atoms with Crippen LogP contribution in [0.4, 0.5) is 5.95 Å². The highest BCUT2D eigenvalue weighted by Gasteiger charge is 2.25. The van der Waals surface area contributed by atoms with Gasteiger partial charge < -0.3 is 14.4 Å². The highest BCUT2D eigenvalue weighted by atomic mass is 16.2. The molecule has 128 valence electrons. The molecule has 1 fully saturated rings. The number of nitrogens with zero attached hydrogens (tertiary/aromatic N) is 6. The normalized spacial score (nSPS) is 14.8. The molecule has 1 amide bonds. The molecule has 1 aliphatic heterocycles. The van der Waals surface area contributed by atoms with Crippen molar-refractivity contribution < 1.29 is 4.79 Å². The van der Waals surface area contributed by atoms with Crippen molar-refractivity contribution in [2.75, 3.05) is 31.1 Å². The molecule has 2 aromatic heterocycles. The molecule has 1 saturated heterocycles. The van der Waals surface area contributed by atoms with E-state index in [0.29, 0.717) is 18.7 Å². The molecule has 7 heteroatoms. The van der Waals surface area contributed by atoms with Crippen LogP contribution in [0.2, 0.25) is 0 Å². The number of piperazine rings is 1. The summed E-state index contributed by atoms with van der Waals surface area (Å²) in [6, 6.07) is 9.46. The molecular weight excluding hydrogens is 316 g/mol. The molecule has 0 unspecified atom stereocenters. The zero-order valence-electron chi connectivity index (χ0n) is 14.1. The van der Waals surface area contributed by atoms with E-state index in [1.54, 1.807) is 17.1 Å². The fraction of sp³-hybridized carbons (Fsp3) is 0.278. The van der Waals surface area contributed by atoms with Crippen molar-refractivity contribution in [3.8, 4) is 5.69 Å². The van der Waals surface area contributed by atoms with Crippen LogP contribution in [0.5, 0.6) is 0 Å². The maximum absolute atomic E-state index is 13.0. The Morgan fingerprint density at radius 1 is 1.00 bits per heavy atom. The Hall–Kier alpha value is -3.09. The lowest BCUT2D eigenvalue weighted by Crippen LogP contribution is -2.49. The summed E-state index contributed by atoms with van der Waals surface area (Å²) in [5.41, 5.74) is 1.49. The van der Waals surface area contributed by atoms with Crippen LogP contribution in [0.25, 0.3) is 5.69 Å². The van der Waals surface area contributed by atoms with E-state index in [4.69, 9.17) is 0 Å². The Labute approximate surface area is 146 Å². The highest BCUT2D eigenvalue weighted by Crippen LogP contribution is 2.18. The molecule has 3 aromatic rings. The van der Waals surface area contributed by atoms with Crippen LogP contribution in [-0.4, -0.2) is 56.3 Å². The van der Waals surface area contributed by atoms with Crippen LogP contribution < -0.4 is 4.90 Å². The summed E-state index contributed by atoms with van der Waals surface area (Å²) in [6.45, 7) is 2.92. The van der Waals surface area contributed by atoms with Crippen LogP contribution in [-0.2, 0) is 7.05 Å². The molecule has 1 aromatic carbocycles. The summed E-state index contributed by atoms with van der Waals surface area (Å²) in [7, 11) is 1.99. The van der Waals surface area contributed by atoms with Crippen LogP contribution in [0, 0.1) is 0 Å². The third-order valence-corrected chi connectivity index (χ3v) is 4.53. The number of hydrogen-bond donors (Lipinski definition) is 0. The predicted molar refractivity (Wildman–Crippen MR) is 94.9 cm³/mol. The Morgan fingerprint density at radius 3 is 2.48 bits per heavy atom. The first-order valence-electron chi connectivity index (χ1n) is 8.34. The zero-order chi connectivity index (χ0) is 17.2. The highest BCUT2D eigenvalue weighted by molar-refractivity contribution is 5.97. The van der Waals surface area contributed by atoms with E-state index in [1.807, 2.05) is 59.2 Å². The third-order valence-electron chi connectivity index (χ3n) is 4.53. The lowest BCUT2D eigenvalue weighted by molar-refractivity contribution is 0.0746. The number of imidazole rings is 1. The van der Waals surface area contributed by atoms with Gasteiger partial charge in [-0.2, -0.15) is 5.10 Å². The van der Waals surface area contributed by atoms with Crippen LogP contribution >= 0.6 is 0 Å². The minimum atomic E-state index is 0.0468. The van der Waals surface area contributed by atoms with Crippen molar-refractivity contribution in [2.24, 2.45) is 7.05 Å². The van der Waals surface area contributed by atoms with Gasteiger partial charge in [0.25, 0.3) is 5.91 Å². The van der Waals surface area contributed by atoms with Crippen LogP contribution in [0.3, 0.4) is 0 Å². The molecule has 0 atom stereocenters. The first-order valence-corrected chi connectivity index (χ1v) is 8.34. The fourth-order valence-corrected chi connectivity index (χ4v) is 3.21. The number of para-hydroxylation sites is 1. The van der Waals surface area contributed by atoms with Gasteiger partial charge in [-0.1, -0.05) is 12.1 Å². The fourth-order valence-electron chi connectivity index (χ4n) is 3.21. The summed E-state index contributed by atoms with van der Waals surface area (Å²) in [5, 5.41) is 4.26. The summed E-state index contributed by atoms with van der Waals surface area (Å²) in [4.78, 5) is 21.5. The average Bonchev–Trinajstić information content (AvgIpc) is 3.33. The molecule has 25 heavy (non-hydrogen) atoms. The van der Waals surface area contributed by atoms with E-state index in [2.05, 4.69) is 15.0 Å². The van der Waals surface area contributed by atoms with E-state index in [0.717, 1.165) is 24.7 Å². The SMILES string of the molecule is Cn1ccnc1N1CCN(C(=O)c2ccccc2-n2cccn2)CC1. The van der Waals surface area contributed by atoms with Gasteiger partial charge in [0.2, 0.25) is 5.95 Å². The number of carbonyl (C=O) groups is 1. The Kier molecular flexibility index (Phi) is 3.97. The van der Waals surface area contributed by atoms with Crippen molar-refractivity contribution in [1.29, 1.82) is 0 Å². The number of amides is 1. The monoisotopic (exact) mass is 336 g/mol. The van der Waals surface area contributed by atoms with E-state index in [-0.39, 0.29) is 5.91 Å². The molecular formula is C18H20N6O. The minimum Gasteiger partial charge on any atom is -0.339 e. The van der Waals surface area contributed by atoms with Crippen LogP contribution in [0.15, 0.2) is 55.1 Å². The maximum atomic E-state index is 13.0. The van der Waals surface area contributed by atoms with Gasteiger partial charge in [-0.25, -0.2) is 9.67 Å². The smallest absolute Gasteiger partial charge is 0.256 e. The lowest BCUT2D eigenvalue weighted by Gasteiger charge is -2.35. The molecule has 0 bridgehead atoms. The molecule has 0 spiro atoms. The number of benzene rings is 1. The molecule has 0 aliphatic carbocycles. The van der Waals surface area contributed by atoms with Crippen molar-refractivity contribution >= 4 is 11.9 Å². The van der Waals surface area contributed by atoms with Gasteiger partial charge >= 0.3 is 0 Å². The van der Waals surface area contributed by atoms with E-state index >= 15 is 0 Å². The summed E-state index contributed by atoms with van der Waals surface area (Å²) >= 11 is 0. The first-order chi connectivity index (χ1) is 12.2. The van der Waals surface area contributed by atoms with Crippen molar-refractivity contribution in [3.63, 3.8) is 0 Å². The molecule has 0 saturated carbocycles. The number of aromatic nitrogens is 4. The molecule has 0 N–H and O–H groups in total. The third kappa shape index (κ3) is 2.88. The van der Waals surface area contributed by atoms with Gasteiger partial charge in [-0.3, -0.25) is 4.79 Å². The average molecular weight is 336 g/mol. The van der Waals surface area contributed by atoms with Gasteiger partial charge in [0.15, 0.2) is 0 Å². The van der Waals surface area contributed by atoms with E-state index in [9.17, 15) is 4.79 Å². The first kappa shape index (κ1) is 15.4. The van der Waals surface area contributed by atoms with E-state index < -0.39 is 0 Å². The summed E-state index contributed by atoms with van der Waals surface area (Å²) < 4.78 is 3.74. The standard InChI is InChI=1S/C18H20N6O/c1-21-10-8-19-18(21)23-13-11-22(12-14-23)17(25)15-5-2-3-6-16(15)24-9-4-7-20-24/h2-10H,11-14H2,1H3. The van der Waals surface area contributed by atoms with Crippen molar-refractivity contribution in [3.05, 3.63) is 60.7 Å². The predicted octanol–water partition coefficient (Wildman–Crippen LogP) is 1.57. The van der Waals surface area contributed by atoms with Gasteiger partial charge in [0.05, 0.1) is 11.3 Å². The second-order valence-electron chi connectivity index (χ2n) is 6.09. The van der Waals surface area contributed by atoms with Crippen molar-refractivity contribution in [2.45, 2.75) is 0 Å². The van der Waals surface area contributed by atoms with Crippen molar-refractivity contribution in [1.82, 2.24) is 24.2 Å². The number of anilines is 1. The van der Waals surface area contributed by atoms with E-state index in [1.165, 1.54) is 0 Å². The molecule has 3 heterocycles. The summed E-state index contributed by atoms with van der Waals surface area (Å²) in [6.07, 6.45) is 7.30. The Bertz CT molecular complexity index is 861. The molecule has 0 radical (unpaired) electrons. The Morgan fingerprint density at radius 2 is 1.80 bits per heavy atom. The van der Waals surface area contributed by atoms with Gasteiger partial charge in [-0.05, 0) is 18.2 Å². The van der Waals surface area contributed by atoms with Gasteiger partial charge in [0, 0.05) is 58.0 Å². The Balaban J connectivity index is 1.51. The topological polar surface area (TPSA) is 59.2 Å². The molecule has 1 aliphatic rings. The van der Waals surface area contributed by atoms with Gasteiger partial charge in [0.1, 0.15) is 0 Å². The molecule has 4 rings (SSSR count). The molecule has 7 nitrogen and oxygen atoms in total. The minimum absolute atomic E-state index is 0.0468. The van der Waals surface area contributed by atoms with Gasteiger partial charge in [-0.15, -0.1) is 0 Å². The quantitative estimate of drug-likeness (QED) is 0.728. The second-order valence-corrected chi connectivity index (χ2v) is 6.09. The number of rotatable bonds is 3. The number of hydrogen-bond acceptors (Lipinski definition) is 4. The number of carbonyl (C=O) groups excluding carboxylic acids is 1. The van der Waals surface area contributed by atoms with Crippen LogP contribution in [0.1, 0.15) is 10.4 Å².